The topological polar surface area (TPSA) is 64.6 Å². The average molecular weight is 395 g/mol. The van der Waals surface area contributed by atoms with Gasteiger partial charge in [-0.25, -0.2) is 0 Å². The highest BCUT2D eigenvalue weighted by Gasteiger charge is 2.51. The Hall–Kier alpha value is -2.82. The first-order valence-corrected chi connectivity index (χ1v) is 9.95. The SMILES string of the molecule is COC(=O)C(C)(C)[C@H]1CCC(=O)[C@@H]1[C@H](Nc1ccccc1)c1ccc(OC)cc1. The van der Waals surface area contributed by atoms with Crippen LogP contribution >= 0.6 is 0 Å². The fourth-order valence-corrected chi connectivity index (χ4v) is 4.42. The molecule has 1 saturated carbocycles. The molecule has 0 heterocycles. The van der Waals surface area contributed by atoms with Crippen LogP contribution in [0.2, 0.25) is 0 Å². The van der Waals surface area contributed by atoms with Crippen LogP contribution in [-0.4, -0.2) is 26.0 Å². The lowest BCUT2D eigenvalue weighted by Gasteiger charge is -2.37. The van der Waals surface area contributed by atoms with Gasteiger partial charge in [0, 0.05) is 18.0 Å². The zero-order valence-electron chi connectivity index (χ0n) is 17.5. The molecule has 0 spiro atoms. The lowest BCUT2D eigenvalue weighted by molar-refractivity contribution is -0.155. The van der Waals surface area contributed by atoms with Crippen molar-refractivity contribution in [2.24, 2.45) is 17.3 Å². The monoisotopic (exact) mass is 395 g/mol. The Morgan fingerprint density at radius 3 is 2.31 bits per heavy atom. The molecule has 3 atom stereocenters. The quantitative estimate of drug-likeness (QED) is 0.692. The highest BCUT2D eigenvalue weighted by Crippen LogP contribution is 2.48. The van der Waals surface area contributed by atoms with Gasteiger partial charge < -0.3 is 14.8 Å². The molecule has 0 saturated heterocycles. The van der Waals surface area contributed by atoms with Crippen LogP contribution < -0.4 is 10.1 Å². The van der Waals surface area contributed by atoms with Crippen molar-refractivity contribution in [2.45, 2.75) is 32.7 Å². The van der Waals surface area contributed by atoms with Crippen molar-refractivity contribution in [1.82, 2.24) is 0 Å². The Balaban J connectivity index is 2.02. The summed E-state index contributed by atoms with van der Waals surface area (Å²) in [7, 11) is 3.03. The van der Waals surface area contributed by atoms with E-state index < -0.39 is 5.41 Å². The summed E-state index contributed by atoms with van der Waals surface area (Å²) >= 11 is 0. The molecule has 0 bridgehead atoms. The van der Waals surface area contributed by atoms with Gasteiger partial charge >= 0.3 is 5.97 Å². The summed E-state index contributed by atoms with van der Waals surface area (Å²) < 4.78 is 10.3. The Morgan fingerprint density at radius 2 is 1.72 bits per heavy atom. The van der Waals surface area contributed by atoms with Crippen LogP contribution in [0.3, 0.4) is 0 Å². The third-order valence-corrected chi connectivity index (χ3v) is 6.08. The van der Waals surface area contributed by atoms with E-state index in [0.29, 0.717) is 12.8 Å². The maximum absolute atomic E-state index is 13.1. The highest BCUT2D eigenvalue weighted by molar-refractivity contribution is 5.87. The second kappa shape index (κ2) is 8.68. The number of nitrogens with one attached hydrogen (secondary N) is 1. The predicted molar refractivity (Wildman–Crippen MR) is 113 cm³/mol. The smallest absolute Gasteiger partial charge is 0.311 e. The van der Waals surface area contributed by atoms with Crippen LogP contribution in [0, 0.1) is 17.3 Å². The fraction of sp³-hybridized carbons (Fsp3) is 0.417. The van der Waals surface area contributed by atoms with Gasteiger partial charge in [-0.15, -0.1) is 0 Å². The number of ether oxygens (including phenoxy) is 2. The molecule has 154 valence electrons. The molecule has 29 heavy (non-hydrogen) atoms. The summed E-state index contributed by atoms with van der Waals surface area (Å²) in [6.45, 7) is 3.76. The number of carbonyl (C=O) groups excluding carboxylic acids is 2. The molecule has 5 heteroatoms. The lowest BCUT2D eigenvalue weighted by Crippen LogP contribution is -2.40. The first-order chi connectivity index (χ1) is 13.9. The van der Waals surface area contributed by atoms with Gasteiger partial charge in [-0.3, -0.25) is 9.59 Å². The number of hydrogen-bond donors (Lipinski definition) is 1. The van der Waals surface area contributed by atoms with Gasteiger partial charge in [-0.05, 0) is 56.0 Å². The first kappa shape index (κ1) is 20.9. The number of benzene rings is 2. The Labute approximate surface area is 172 Å². The number of esters is 1. The maximum Gasteiger partial charge on any atom is 0.311 e. The van der Waals surface area contributed by atoms with Gasteiger partial charge in [0.15, 0.2) is 0 Å². The molecule has 0 aromatic heterocycles. The molecule has 2 aromatic rings. The number of anilines is 1. The summed E-state index contributed by atoms with van der Waals surface area (Å²) in [5, 5.41) is 3.55. The van der Waals surface area contributed by atoms with Gasteiger partial charge in [0.25, 0.3) is 0 Å². The zero-order valence-corrected chi connectivity index (χ0v) is 17.5. The van der Waals surface area contributed by atoms with E-state index in [0.717, 1.165) is 17.0 Å². The van der Waals surface area contributed by atoms with Crippen molar-refractivity contribution in [3.8, 4) is 5.75 Å². The molecule has 0 unspecified atom stereocenters. The molecule has 0 radical (unpaired) electrons. The van der Waals surface area contributed by atoms with Gasteiger partial charge in [-0.2, -0.15) is 0 Å². The van der Waals surface area contributed by atoms with Crippen molar-refractivity contribution in [2.75, 3.05) is 19.5 Å². The second-order valence-electron chi connectivity index (χ2n) is 8.11. The highest BCUT2D eigenvalue weighted by atomic mass is 16.5. The predicted octanol–water partition coefficient (Wildman–Crippen LogP) is 4.64. The summed E-state index contributed by atoms with van der Waals surface area (Å²) in [4.78, 5) is 25.6. The van der Waals surface area contributed by atoms with E-state index in [9.17, 15) is 9.59 Å². The van der Waals surface area contributed by atoms with Crippen molar-refractivity contribution >= 4 is 17.4 Å². The van der Waals surface area contributed by atoms with E-state index >= 15 is 0 Å². The molecule has 1 fully saturated rings. The normalized spacial score (nSPS) is 20.2. The molecular weight excluding hydrogens is 366 g/mol. The van der Waals surface area contributed by atoms with Crippen LogP contribution in [0.5, 0.6) is 5.75 Å². The number of rotatable bonds is 7. The summed E-state index contributed by atoms with van der Waals surface area (Å²) in [6.07, 6.45) is 1.15. The molecule has 2 aromatic carbocycles. The molecule has 5 nitrogen and oxygen atoms in total. The summed E-state index contributed by atoms with van der Waals surface area (Å²) in [5.41, 5.74) is 1.16. The molecule has 3 rings (SSSR count). The fourth-order valence-electron chi connectivity index (χ4n) is 4.42. The Kier molecular flexibility index (Phi) is 6.26. The number of para-hydroxylation sites is 1. The molecule has 1 aliphatic rings. The second-order valence-corrected chi connectivity index (χ2v) is 8.11. The van der Waals surface area contributed by atoms with Crippen molar-refractivity contribution in [1.29, 1.82) is 0 Å². The minimum Gasteiger partial charge on any atom is -0.497 e. The average Bonchev–Trinajstić information content (AvgIpc) is 3.14. The van der Waals surface area contributed by atoms with E-state index in [4.69, 9.17) is 9.47 Å². The molecule has 1 aliphatic carbocycles. The standard InChI is InChI=1S/C24H29NO4/c1-24(2,23(27)29-4)19-14-15-20(26)21(19)22(25-17-8-6-5-7-9-17)16-10-12-18(28-3)13-11-16/h5-13,19,21-22,25H,14-15H2,1-4H3/t19-,21+,22+/m0/s1. The van der Waals surface area contributed by atoms with Gasteiger partial charge in [-0.1, -0.05) is 30.3 Å². The van der Waals surface area contributed by atoms with Crippen LogP contribution in [0.4, 0.5) is 5.69 Å². The first-order valence-electron chi connectivity index (χ1n) is 9.95. The number of Topliss-reactive ketones (excluding diaryl/α,β-unsaturated/α-hetero) is 1. The lowest BCUT2D eigenvalue weighted by atomic mass is 9.70. The number of ketones is 1. The van der Waals surface area contributed by atoms with Gasteiger partial charge in [0.2, 0.25) is 0 Å². The molecule has 1 N–H and O–H groups in total. The largest absolute Gasteiger partial charge is 0.497 e. The van der Waals surface area contributed by atoms with E-state index in [1.54, 1.807) is 7.11 Å². The van der Waals surface area contributed by atoms with Crippen LogP contribution in [0.25, 0.3) is 0 Å². The minimum atomic E-state index is -0.755. The van der Waals surface area contributed by atoms with Crippen LogP contribution in [0.1, 0.15) is 38.3 Å². The van der Waals surface area contributed by atoms with Crippen molar-refractivity contribution < 1.29 is 19.1 Å². The van der Waals surface area contributed by atoms with Crippen LogP contribution in [0.15, 0.2) is 54.6 Å². The van der Waals surface area contributed by atoms with E-state index in [1.807, 2.05) is 68.4 Å². The number of carbonyl (C=O) groups is 2. The maximum atomic E-state index is 13.1. The Bertz CT molecular complexity index is 845. The van der Waals surface area contributed by atoms with E-state index in [1.165, 1.54) is 7.11 Å². The van der Waals surface area contributed by atoms with Crippen molar-refractivity contribution in [3.05, 3.63) is 60.2 Å². The van der Waals surface area contributed by atoms with Gasteiger partial charge in [0.1, 0.15) is 11.5 Å². The summed E-state index contributed by atoms with van der Waals surface area (Å²) in [6, 6.07) is 17.3. The number of hydrogen-bond acceptors (Lipinski definition) is 5. The minimum absolute atomic E-state index is 0.120. The van der Waals surface area contributed by atoms with E-state index in [2.05, 4.69) is 5.32 Å². The number of methoxy groups -OCH3 is 2. The molecular formula is C24H29NO4. The van der Waals surface area contributed by atoms with Crippen LogP contribution in [-0.2, 0) is 14.3 Å². The van der Waals surface area contributed by atoms with Gasteiger partial charge in [0.05, 0.1) is 25.7 Å². The van der Waals surface area contributed by atoms with Crippen molar-refractivity contribution in [3.63, 3.8) is 0 Å². The molecule has 0 amide bonds. The zero-order chi connectivity index (χ0) is 21.0. The molecule has 0 aliphatic heterocycles. The third kappa shape index (κ3) is 4.29. The third-order valence-electron chi connectivity index (χ3n) is 6.08. The van der Waals surface area contributed by atoms with E-state index in [-0.39, 0.29) is 29.6 Å². The Morgan fingerprint density at radius 1 is 1.07 bits per heavy atom. The summed E-state index contributed by atoms with van der Waals surface area (Å²) in [5.74, 6) is 0.200.